The van der Waals surface area contributed by atoms with E-state index in [-0.39, 0.29) is 39.1 Å². The summed E-state index contributed by atoms with van der Waals surface area (Å²) in [5, 5.41) is 13.1. The second-order valence-electron chi connectivity index (χ2n) is 10.7. The van der Waals surface area contributed by atoms with Gasteiger partial charge in [0.1, 0.15) is 11.7 Å². The number of esters is 2. The molecule has 0 bridgehead atoms. The lowest BCUT2D eigenvalue weighted by atomic mass is 9.82. The molecule has 4 rings (SSSR count). The molecule has 0 saturated carbocycles. The highest BCUT2D eigenvalue weighted by Crippen LogP contribution is 2.36. The van der Waals surface area contributed by atoms with E-state index in [1.54, 1.807) is 32.0 Å². The van der Waals surface area contributed by atoms with Gasteiger partial charge in [-0.2, -0.15) is 18.4 Å². The summed E-state index contributed by atoms with van der Waals surface area (Å²) >= 11 is 0. The van der Waals surface area contributed by atoms with Gasteiger partial charge in [-0.1, -0.05) is 32.0 Å². The van der Waals surface area contributed by atoms with E-state index in [4.69, 9.17) is 4.42 Å². The number of hydrogen-bond acceptors (Lipinski definition) is 8. The first-order valence-electron chi connectivity index (χ1n) is 12.7. The minimum absolute atomic E-state index is 0.0770. The number of carbonyl (C=O) groups excluding carboxylic acids is 2. The first kappa shape index (κ1) is 28.7. The quantitative estimate of drug-likeness (QED) is 0.301. The molecule has 2 heterocycles. The molecule has 1 fully saturated rings. The number of rotatable bonds is 5. The fourth-order valence-corrected chi connectivity index (χ4v) is 4.72. The van der Waals surface area contributed by atoms with Crippen molar-refractivity contribution in [1.29, 1.82) is 5.26 Å². The van der Waals surface area contributed by atoms with Crippen molar-refractivity contribution in [1.82, 2.24) is 0 Å². The monoisotopic (exact) mass is 555 g/mol. The molecule has 3 aromatic rings. The standard InChI is InChI=1S/C29H28F3N3O5/c1-16-13-19(17(2)34-22-8-6-5-7-18(22)26(37)40-27(38)29(30,31)32)24-20(14-16)23(36)21(15-33)25(39-24)35-11-9-28(3,4)10-12-35/h5-8,13-14,17,34H,9-12H2,1-4H3. The van der Waals surface area contributed by atoms with E-state index in [9.17, 15) is 32.8 Å². The number of halogens is 3. The smallest absolute Gasteiger partial charge is 0.438 e. The van der Waals surface area contributed by atoms with Crippen molar-refractivity contribution in [3.63, 3.8) is 0 Å². The van der Waals surface area contributed by atoms with E-state index >= 15 is 0 Å². The van der Waals surface area contributed by atoms with Crippen LogP contribution in [0.4, 0.5) is 24.7 Å². The number of fused-ring (bicyclic) bond motifs is 1. The lowest BCUT2D eigenvalue weighted by molar-refractivity contribution is -0.193. The van der Waals surface area contributed by atoms with Crippen LogP contribution in [0.1, 0.15) is 66.7 Å². The highest BCUT2D eigenvalue weighted by atomic mass is 19.4. The number of alkyl halides is 3. The van der Waals surface area contributed by atoms with Crippen molar-refractivity contribution in [2.75, 3.05) is 23.3 Å². The van der Waals surface area contributed by atoms with Crippen LogP contribution >= 0.6 is 0 Å². The van der Waals surface area contributed by atoms with E-state index in [1.807, 2.05) is 11.0 Å². The van der Waals surface area contributed by atoms with Crippen LogP contribution in [0.25, 0.3) is 11.0 Å². The van der Waals surface area contributed by atoms with Crippen LogP contribution in [0.2, 0.25) is 0 Å². The number of nitrogens with zero attached hydrogens (tertiary/aromatic N) is 2. The van der Waals surface area contributed by atoms with Gasteiger partial charge in [0.05, 0.1) is 17.0 Å². The van der Waals surface area contributed by atoms with E-state index in [2.05, 4.69) is 23.9 Å². The van der Waals surface area contributed by atoms with Crippen molar-refractivity contribution in [2.45, 2.75) is 52.8 Å². The zero-order chi connectivity index (χ0) is 29.4. The molecule has 1 aliphatic rings. The summed E-state index contributed by atoms with van der Waals surface area (Å²) in [6, 6.07) is 10.5. The maximum absolute atomic E-state index is 13.4. The molecule has 1 aliphatic heterocycles. The summed E-state index contributed by atoms with van der Waals surface area (Å²) < 4.78 is 48.2. The minimum atomic E-state index is -5.33. The van der Waals surface area contributed by atoms with Crippen LogP contribution in [-0.2, 0) is 9.53 Å². The van der Waals surface area contributed by atoms with Crippen LogP contribution in [0.15, 0.2) is 45.6 Å². The first-order chi connectivity index (χ1) is 18.7. The predicted octanol–water partition coefficient (Wildman–Crippen LogP) is 6.02. The van der Waals surface area contributed by atoms with Crippen molar-refractivity contribution in [2.24, 2.45) is 5.41 Å². The van der Waals surface area contributed by atoms with Gasteiger partial charge in [0.25, 0.3) is 0 Å². The Labute approximate surface area is 228 Å². The second-order valence-corrected chi connectivity index (χ2v) is 10.7. The summed E-state index contributed by atoms with van der Waals surface area (Å²) in [5.41, 5.74) is 0.908. The Morgan fingerprint density at radius 2 is 1.82 bits per heavy atom. The summed E-state index contributed by atoms with van der Waals surface area (Å²) in [4.78, 5) is 39.0. The SMILES string of the molecule is Cc1cc(C(C)Nc2ccccc2C(=O)OC(=O)C(F)(F)F)c2oc(N3CCC(C)(C)CC3)c(C#N)c(=O)c2c1. The van der Waals surface area contributed by atoms with Crippen molar-refractivity contribution < 1.29 is 31.9 Å². The third kappa shape index (κ3) is 5.81. The highest BCUT2D eigenvalue weighted by molar-refractivity contribution is 6.02. The van der Waals surface area contributed by atoms with E-state index < -0.39 is 29.6 Å². The highest BCUT2D eigenvalue weighted by Gasteiger charge is 2.43. The molecule has 0 aliphatic carbocycles. The number of aryl methyl sites for hydroxylation is 1. The zero-order valence-electron chi connectivity index (χ0n) is 22.4. The number of piperidine rings is 1. The molecule has 1 saturated heterocycles. The molecular weight excluding hydrogens is 527 g/mol. The molecule has 0 spiro atoms. The number of carbonyl (C=O) groups is 2. The maximum atomic E-state index is 13.4. The molecule has 1 N–H and O–H groups in total. The number of nitriles is 1. The fourth-order valence-electron chi connectivity index (χ4n) is 4.72. The van der Waals surface area contributed by atoms with Crippen LogP contribution in [0.5, 0.6) is 0 Å². The first-order valence-corrected chi connectivity index (χ1v) is 12.7. The lowest BCUT2D eigenvalue weighted by Crippen LogP contribution is -2.38. The summed E-state index contributed by atoms with van der Waals surface area (Å²) in [6.45, 7) is 9.03. The molecule has 0 radical (unpaired) electrons. The number of ether oxygens (including phenoxy) is 1. The van der Waals surface area contributed by atoms with E-state index in [1.165, 1.54) is 18.2 Å². The molecule has 2 aromatic carbocycles. The van der Waals surface area contributed by atoms with E-state index in [0.717, 1.165) is 12.8 Å². The van der Waals surface area contributed by atoms with Gasteiger partial charge in [0.2, 0.25) is 11.3 Å². The normalized spacial score (nSPS) is 15.8. The Bertz CT molecular complexity index is 1580. The Balaban J connectivity index is 1.75. The zero-order valence-corrected chi connectivity index (χ0v) is 22.4. The Morgan fingerprint density at radius 3 is 2.45 bits per heavy atom. The van der Waals surface area contributed by atoms with E-state index in [0.29, 0.717) is 24.2 Å². The number of nitrogens with one attached hydrogen (secondary N) is 1. The van der Waals surface area contributed by atoms with Crippen molar-refractivity contribution in [3.05, 3.63) is 68.9 Å². The van der Waals surface area contributed by atoms with Gasteiger partial charge in [-0.05, 0) is 55.9 Å². The Hall–Kier alpha value is -4.33. The lowest BCUT2D eigenvalue weighted by Gasteiger charge is -2.37. The van der Waals surface area contributed by atoms with Crippen LogP contribution in [-0.4, -0.2) is 31.2 Å². The number of anilines is 2. The van der Waals surface area contributed by atoms with Crippen molar-refractivity contribution >= 4 is 34.5 Å². The predicted molar refractivity (Wildman–Crippen MR) is 142 cm³/mol. The molecule has 8 nitrogen and oxygen atoms in total. The number of para-hydroxylation sites is 1. The van der Waals surface area contributed by atoms with Crippen LogP contribution in [0, 0.1) is 23.7 Å². The Morgan fingerprint density at radius 1 is 1.18 bits per heavy atom. The molecule has 40 heavy (non-hydrogen) atoms. The molecule has 11 heteroatoms. The summed E-state index contributed by atoms with van der Waals surface area (Å²) in [7, 11) is 0. The van der Waals surface area contributed by atoms with Gasteiger partial charge in [-0.15, -0.1) is 0 Å². The molecule has 1 aromatic heterocycles. The Kier molecular flexibility index (Phi) is 7.65. The van der Waals surface area contributed by atoms with Gasteiger partial charge in [-0.25, -0.2) is 9.59 Å². The largest absolute Gasteiger partial charge is 0.491 e. The summed E-state index contributed by atoms with van der Waals surface area (Å²) in [5.74, 6) is -3.89. The van der Waals surface area contributed by atoms with Crippen LogP contribution < -0.4 is 15.6 Å². The summed E-state index contributed by atoms with van der Waals surface area (Å²) in [6.07, 6.45) is -3.63. The molecular formula is C29H28F3N3O5. The average molecular weight is 556 g/mol. The van der Waals surface area contributed by atoms with Crippen molar-refractivity contribution in [3.8, 4) is 6.07 Å². The van der Waals surface area contributed by atoms with Gasteiger partial charge >= 0.3 is 18.1 Å². The second kappa shape index (κ2) is 10.7. The average Bonchev–Trinajstić information content (AvgIpc) is 2.88. The van der Waals surface area contributed by atoms with Gasteiger partial charge in [-0.3, -0.25) is 4.79 Å². The maximum Gasteiger partial charge on any atom is 0.491 e. The van der Waals surface area contributed by atoms with Gasteiger partial charge in [0, 0.05) is 24.3 Å². The molecule has 1 unspecified atom stereocenters. The van der Waals surface area contributed by atoms with Crippen LogP contribution in [0.3, 0.4) is 0 Å². The fraction of sp³-hybridized carbons (Fsp3) is 0.379. The molecule has 210 valence electrons. The third-order valence-electron chi connectivity index (χ3n) is 7.06. The number of hydrogen-bond donors (Lipinski definition) is 1. The third-order valence-corrected chi connectivity index (χ3v) is 7.06. The van der Waals surface area contributed by atoms with Gasteiger partial charge < -0.3 is 19.4 Å². The topological polar surface area (TPSA) is 113 Å². The molecule has 1 atom stereocenters. The molecule has 0 amide bonds. The van der Waals surface area contributed by atoms with Gasteiger partial charge in [0.15, 0.2) is 5.56 Å². The number of benzene rings is 2. The minimum Gasteiger partial charge on any atom is -0.438 e.